The lowest BCUT2D eigenvalue weighted by Crippen LogP contribution is -2.22. The summed E-state index contributed by atoms with van der Waals surface area (Å²) in [6.45, 7) is 3.74. The molecule has 0 radical (unpaired) electrons. The van der Waals surface area contributed by atoms with E-state index in [1.807, 2.05) is 26.0 Å². The minimum atomic E-state index is -0.802. The summed E-state index contributed by atoms with van der Waals surface area (Å²) in [5, 5.41) is 11.8. The van der Waals surface area contributed by atoms with Crippen molar-refractivity contribution >= 4 is 17.6 Å². The highest BCUT2D eigenvalue weighted by atomic mass is 16.4. The number of pyridine rings is 1. The Morgan fingerprint density at radius 3 is 2.53 bits per heavy atom. The Hall–Kier alpha value is -1.91. The molecule has 0 spiro atoms. The topological polar surface area (TPSA) is 79.3 Å². The normalized spacial score (nSPS) is 22.2. The zero-order chi connectivity index (χ0) is 14.0. The van der Waals surface area contributed by atoms with E-state index in [1.165, 1.54) is 0 Å². The number of aryl methyl sites for hydroxylation is 2. The van der Waals surface area contributed by atoms with Gasteiger partial charge in [0.05, 0.1) is 17.3 Å². The first-order valence-corrected chi connectivity index (χ1v) is 6.45. The number of aliphatic carboxylic acids is 1. The van der Waals surface area contributed by atoms with Crippen molar-refractivity contribution in [3.8, 4) is 0 Å². The highest BCUT2D eigenvalue weighted by Crippen LogP contribution is 2.32. The van der Waals surface area contributed by atoms with Crippen LogP contribution in [0.4, 0.5) is 5.69 Å². The second-order valence-corrected chi connectivity index (χ2v) is 5.12. The van der Waals surface area contributed by atoms with Crippen LogP contribution in [0.2, 0.25) is 0 Å². The van der Waals surface area contributed by atoms with Crippen molar-refractivity contribution in [3.05, 3.63) is 23.5 Å². The van der Waals surface area contributed by atoms with Gasteiger partial charge in [-0.25, -0.2) is 0 Å². The van der Waals surface area contributed by atoms with E-state index in [0.717, 1.165) is 11.4 Å². The third-order valence-electron chi connectivity index (χ3n) is 3.64. The number of carboxylic acid groups (broad SMARTS) is 1. The molecule has 102 valence electrons. The van der Waals surface area contributed by atoms with Gasteiger partial charge < -0.3 is 10.4 Å². The quantitative estimate of drug-likeness (QED) is 0.874. The lowest BCUT2D eigenvalue weighted by atomic mass is 10.0. The van der Waals surface area contributed by atoms with E-state index in [4.69, 9.17) is 5.11 Å². The van der Waals surface area contributed by atoms with Gasteiger partial charge in [0.25, 0.3) is 0 Å². The summed E-state index contributed by atoms with van der Waals surface area (Å²) in [6.07, 6.45) is 1.65. The molecule has 1 aromatic rings. The molecule has 1 aromatic heterocycles. The molecule has 5 heteroatoms. The van der Waals surface area contributed by atoms with Gasteiger partial charge in [-0.2, -0.15) is 0 Å². The van der Waals surface area contributed by atoms with E-state index in [0.29, 0.717) is 24.9 Å². The standard InChI is InChI=1S/C14H18N2O3/c1-8-3-6-12(9(2)15-8)16-13(17)10-4-5-11(7-10)14(18)19/h3,6,10-11H,4-5,7H2,1-2H3,(H,16,17)(H,18,19). The van der Waals surface area contributed by atoms with Gasteiger partial charge in [-0.05, 0) is 45.2 Å². The number of hydrogen-bond acceptors (Lipinski definition) is 3. The number of carboxylic acids is 1. The van der Waals surface area contributed by atoms with Crippen molar-refractivity contribution in [1.29, 1.82) is 0 Å². The van der Waals surface area contributed by atoms with Crippen molar-refractivity contribution in [2.75, 3.05) is 5.32 Å². The monoisotopic (exact) mass is 262 g/mol. The molecule has 2 atom stereocenters. The summed E-state index contributed by atoms with van der Waals surface area (Å²) in [4.78, 5) is 27.3. The molecule has 0 aliphatic heterocycles. The zero-order valence-electron chi connectivity index (χ0n) is 11.1. The van der Waals surface area contributed by atoms with Gasteiger partial charge >= 0.3 is 5.97 Å². The first-order chi connectivity index (χ1) is 8.97. The Balaban J connectivity index is 2.00. The number of nitrogens with zero attached hydrogens (tertiary/aromatic N) is 1. The van der Waals surface area contributed by atoms with E-state index in [9.17, 15) is 9.59 Å². The van der Waals surface area contributed by atoms with Crippen molar-refractivity contribution < 1.29 is 14.7 Å². The van der Waals surface area contributed by atoms with Gasteiger partial charge in [0.2, 0.25) is 5.91 Å². The lowest BCUT2D eigenvalue weighted by Gasteiger charge is -2.12. The molecule has 1 saturated carbocycles. The first kappa shape index (κ1) is 13.5. The average Bonchev–Trinajstić information content (AvgIpc) is 2.82. The molecule has 2 rings (SSSR count). The number of amides is 1. The van der Waals surface area contributed by atoms with Crippen molar-refractivity contribution in [2.24, 2.45) is 11.8 Å². The van der Waals surface area contributed by atoms with Crippen LogP contribution >= 0.6 is 0 Å². The molecule has 19 heavy (non-hydrogen) atoms. The number of anilines is 1. The summed E-state index contributed by atoms with van der Waals surface area (Å²) in [5.41, 5.74) is 2.39. The molecule has 5 nitrogen and oxygen atoms in total. The van der Waals surface area contributed by atoms with Gasteiger partial charge in [0, 0.05) is 11.6 Å². The molecule has 0 saturated heterocycles. The first-order valence-electron chi connectivity index (χ1n) is 6.45. The number of aromatic nitrogens is 1. The molecule has 2 unspecified atom stereocenters. The third kappa shape index (κ3) is 3.10. The molecule has 1 fully saturated rings. The van der Waals surface area contributed by atoms with E-state index in [2.05, 4.69) is 10.3 Å². The van der Waals surface area contributed by atoms with Gasteiger partial charge in [0.1, 0.15) is 0 Å². The molecule has 2 N–H and O–H groups in total. The predicted molar refractivity (Wildman–Crippen MR) is 70.8 cm³/mol. The smallest absolute Gasteiger partial charge is 0.306 e. The molecular weight excluding hydrogens is 244 g/mol. The van der Waals surface area contributed by atoms with Gasteiger partial charge in [-0.1, -0.05) is 0 Å². The number of carbonyl (C=O) groups is 2. The van der Waals surface area contributed by atoms with Gasteiger partial charge in [-0.3, -0.25) is 14.6 Å². The van der Waals surface area contributed by atoms with Crippen LogP contribution in [0.1, 0.15) is 30.7 Å². The fraction of sp³-hybridized carbons (Fsp3) is 0.500. The molecule has 0 aromatic carbocycles. The third-order valence-corrected chi connectivity index (χ3v) is 3.64. The molecule has 0 bridgehead atoms. The van der Waals surface area contributed by atoms with Gasteiger partial charge in [0.15, 0.2) is 0 Å². The van der Waals surface area contributed by atoms with Crippen LogP contribution in [0.5, 0.6) is 0 Å². The van der Waals surface area contributed by atoms with Crippen LogP contribution in [0.25, 0.3) is 0 Å². The lowest BCUT2D eigenvalue weighted by molar-refractivity contribution is -0.141. The SMILES string of the molecule is Cc1ccc(NC(=O)C2CCC(C(=O)O)C2)c(C)n1. The van der Waals surface area contributed by atoms with Crippen LogP contribution in [-0.2, 0) is 9.59 Å². The second kappa shape index (κ2) is 5.38. The Bertz CT molecular complexity index is 513. The van der Waals surface area contributed by atoms with Crippen LogP contribution in [0.3, 0.4) is 0 Å². The second-order valence-electron chi connectivity index (χ2n) is 5.12. The molecule has 1 aliphatic rings. The van der Waals surface area contributed by atoms with Crippen LogP contribution < -0.4 is 5.32 Å². The maximum atomic E-state index is 12.1. The summed E-state index contributed by atoms with van der Waals surface area (Å²) in [7, 11) is 0. The minimum absolute atomic E-state index is 0.0995. The van der Waals surface area contributed by atoms with E-state index >= 15 is 0 Å². The molecule has 1 heterocycles. The Labute approximate surface area is 112 Å². The highest BCUT2D eigenvalue weighted by Gasteiger charge is 2.33. The number of carbonyl (C=O) groups excluding carboxylic acids is 1. The van der Waals surface area contributed by atoms with Crippen molar-refractivity contribution in [3.63, 3.8) is 0 Å². The predicted octanol–water partition coefficient (Wildman–Crippen LogP) is 2.14. The van der Waals surface area contributed by atoms with Crippen LogP contribution in [0.15, 0.2) is 12.1 Å². The van der Waals surface area contributed by atoms with E-state index in [1.54, 1.807) is 0 Å². The number of rotatable bonds is 3. The molecule has 1 aliphatic carbocycles. The number of hydrogen-bond donors (Lipinski definition) is 2. The van der Waals surface area contributed by atoms with Crippen LogP contribution in [0, 0.1) is 25.7 Å². The van der Waals surface area contributed by atoms with Gasteiger partial charge in [-0.15, -0.1) is 0 Å². The fourth-order valence-electron chi connectivity index (χ4n) is 2.50. The summed E-state index contributed by atoms with van der Waals surface area (Å²) in [5.74, 6) is -1.49. The fourth-order valence-corrected chi connectivity index (χ4v) is 2.50. The largest absolute Gasteiger partial charge is 0.481 e. The minimum Gasteiger partial charge on any atom is -0.481 e. The summed E-state index contributed by atoms with van der Waals surface area (Å²) >= 11 is 0. The van der Waals surface area contributed by atoms with E-state index in [-0.39, 0.29) is 17.7 Å². The zero-order valence-corrected chi connectivity index (χ0v) is 11.1. The number of nitrogens with one attached hydrogen (secondary N) is 1. The maximum absolute atomic E-state index is 12.1. The summed E-state index contributed by atoms with van der Waals surface area (Å²) < 4.78 is 0. The molecule has 1 amide bonds. The van der Waals surface area contributed by atoms with E-state index < -0.39 is 5.97 Å². The molecular formula is C14H18N2O3. The Morgan fingerprint density at radius 2 is 1.95 bits per heavy atom. The Morgan fingerprint density at radius 1 is 1.26 bits per heavy atom. The average molecular weight is 262 g/mol. The highest BCUT2D eigenvalue weighted by molar-refractivity contribution is 5.93. The maximum Gasteiger partial charge on any atom is 0.306 e. The van der Waals surface area contributed by atoms with Crippen LogP contribution in [-0.4, -0.2) is 22.0 Å². The van der Waals surface area contributed by atoms with Crippen molar-refractivity contribution in [1.82, 2.24) is 4.98 Å². The summed E-state index contributed by atoms with van der Waals surface area (Å²) in [6, 6.07) is 3.68. The Kier molecular flexibility index (Phi) is 3.83. The van der Waals surface area contributed by atoms with Crippen molar-refractivity contribution in [2.45, 2.75) is 33.1 Å².